The van der Waals surface area contributed by atoms with E-state index in [0.29, 0.717) is 5.69 Å². The Morgan fingerprint density at radius 2 is 1.95 bits per heavy atom. The van der Waals surface area contributed by atoms with Crippen molar-refractivity contribution in [2.45, 2.75) is 0 Å². The summed E-state index contributed by atoms with van der Waals surface area (Å²) >= 11 is 0. The van der Waals surface area contributed by atoms with Gasteiger partial charge in [0, 0.05) is 30.9 Å². The first-order chi connectivity index (χ1) is 9.54. The zero-order valence-corrected chi connectivity index (χ0v) is 10.6. The highest BCUT2D eigenvalue weighted by molar-refractivity contribution is 6.02. The number of non-ortho nitro benzene ring substituents is 1. The fourth-order valence-electron chi connectivity index (χ4n) is 1.77. The molecular formula is C11H16N4O5. The maximum atomic E-state index is 10.8. The van der Waals surface area contributed by atoms with Gasteiger partial charge in [0.15, 0.2) is 5.84 Å². The lowest BCUT2D eigenvalue weighted by molar-refractivity contribution is -0.384. The van der Waals surface area contributed by atoms with E-state index in [4.69, 9.17) is 21.2 Å². The van der Waals surface area contributed by atoms with E-state index in [1.54, 1.807) is 4.90 Å². The second-order valence-corrected chi connectivity index (χ2v) is 3.88. The van der Waals surface area contributed by atoms with Gasteiger partial charge in [0.05, 0.1) is 23.7 Å². The summed E-state index contributed by atoms with van der Waals surface area (Å²) in [6, 6.07) is 3.87. The van der Waals surface area contributed by atoms with Crippen molar-refractivity contribution in [1.29, 1.82) is 0 Å². The molecule has 0 atom stereocenters. The third kappa shape index (κ3) is 3.56. The Morgan fingerprint density at radius 1 is 1.35 bits per heavy atom. The van der Waals surface area contributed by atoms with Gasteiger partial charge in [-0.25, -0.2) is 0 Å². The summed E-state index contributed by atoms with van der Waals surface area (Å²) in [5.41, 5.74) is 5.90. The molecule has 0 saturated heterocycles. The number of anilines is 1. The van der Waals surface area contributed by atoms with E-state index >= 15 is 0 Å². The zero-order valence-electron chi connectivity index (χ0n) is 10.6. The zero-order chi connectivity index (χ0) is 15.1. The molecule has 0 aliphatic rings. The number of nitrogens with zero attached hydrogens (tertiary/aromatic N) is 3. The maximum Gasteiger partial charge on any atom is 0.270 e. The monoisotopic (exact) mass is 284 g/mol. The lowest BCUT2D eigenvalue weighted by Crippen LogP contribution is -2.32. The van der Waals surface area contributed by atoms with Crippen molar-refractivity contribution in [1.82, 2.24) is 0 Å². The Hall–Kier alpha value is -2.39. The summed E-state index contributed by atoms with van der Waals surface area (Å²) in [6.07, 6.45) is 0. The topological polar surface area (TPSA) is 145 Å². The predicted octanol–water partition coefficient (Wildman–Crippen LogP) is -0.520. The molecule has 0 fully saturated rings. The lowest BCUT2D eigenvalue weighted by atomic mass is 10.1. The third-order valence-corrected chi connectivity index (χ3v) is 2.66. The van der Waals surface area contributed by atoms with E-state index in [-0.39, 0.29) is 43.4 Å². The molecule has 1 aromatic rings. The van der Waals surface area contributed by atoms with Crippen LogP contribution in [0.3, 0.4) is 0 Å². The van der Waals surface area contributed by atoms with Crippen molar-refractivity contribution in [3.63, 3.8) is 0 Å². The van der Waals surface area contributed by atoms with Gasteiger partial charge in [-0.15, -0.1) is 0 Å². The first kappa shape index (κ1) is 15.7. The van der Waals surface area contributed by atoms with Crippen molar-refractivity contribution in [2.75, 3.05) is 31.2 Å². The molecule has 0 bridgehead atoms. The summed E-state index contributed by atoms with van der Waals surface area (Å²) in [5.74, 6) is -0.287. The number of aliphatic hydroxyl groups excluding tert-OH is 2. The first-order valence-corrected chi connectivity index (χ1v) is 5.78. The van der Waals surface area contributed by atoms with Crippen LogP contribution in [0.15, 0.2) is 23.4 Å². The molecule has 9 nitrogen and oxygen atoms in total. The van der Waals surface area contributed by atoms with Gasteiger partial charge < -0.3 is 26.1 Å². The molecule has 20 heavy (non-hydrogen) atoms. The van der Waals surface area contributed by atoms with Crippen LogP contribution in [0, 0.1) is 10.1 Å². The largest absolute Gasteiger partial charge is 0.409 e. The Bertz CT molecular complexity index is 500. The highest BCUT2D eigenvalue weighted by Gasteiger charge is 2.18. The summed E-state index contributed by atoms with van der Waals surface area (Å²) < 4.78 is 0. The molecule has 9 heteroatoms. The van der Waals surface area contributed by atoms with Crippen molar-refractivity contribution < 1.29 is 20.3 Å². The van der Waals surface area contributed by atoms with Crippen LogP contribution in [0.5, 0.6) is 0 Å². The number of amidine groups is 1. The second kappa shape index (κ2) is 7.26. The molecule has 0 spiro atoms. The molecule has 0 aliphatic carbocycles. The van der Waals surface area contributed by atoms with Crippen LogP contribution < -0.4 is 10.6 Å². The number of benzene rings is 1. The Balaban J connectivity index is 3.32. The summed E-state index contributed by atoms with van der Waals surface area (Å²) in [6.45, 7) is 0.0490. The van der Waals surface area contributed by atoms with Crippen LogP contribution in [0.1, 0.15) is 5.56 Å². The number of hydrogen-bond acceptors (Lipinski definition) is 7. The van der Waals surface area contributed by atoms with Gasteiger partial charge in [-0.2, -0.15) is 0 Å². The normalized spacial score (nSPS) is 11.4. The number of nitrogens with two attached hydrogens (primary N) is 1. The number of hydrogen-bond donors (Lipinski definition) is 4. The van der Waals surface area contributed by atoms with E-state index in [1.807, 2.05) is 0 Å². The second-order valence-electron chi connectivity index (χ2n) is 3.88. The molecule has 0 aromatic heterocycles. The van der Waals surface area contributed by atoms with Crippen molar-refractivity contribution in [3.8, 4) is 0 Å². The van der Waals surface area contributed by atoms with Gasteiger partial charge in [0.25, 0.3) is 5.69 Å². The Kier molecular flexibility index (Phi) is 5.69. The third-order valence-electron chi connectivity index (χ3n) is 2.66. The molecule has 0 radical (unpaired) electrons. The molecule has 0 amide bonds. The first-order valence-electron chi connectivity index (χ1n) is 5.78. The quantitative estimate of drug-likeness (QED) is 0.173. The van der Waals surface area contributed by atoms with Gasteiger partial charge >= 0.3 is 0 Å². The van der Waals surface area contributed by atoms with Crippen LogP contribution in [0.25, 0.3) is 0 Å². The van der Waals surface area contributed by atoms with E-state index < -0.39 is 4.92 Å². The van der Waals surface area contributed by atoms with E-state index in [9.17, 15) is 10.1 Å². The summed E-state index contributed by atoms with van der Waals surface area (Å²) in [4.78, 5) is 11.7. The van der Waals surface area contributed by atoms with Crippen molar-refractivity contribution in [3.05, 3.63) is 33.9 Å². The van der Waals surface area contributed by atoms with Crippen LogP contribution >= 0.6 is 0 Å². The maximum absolute atomic E-state index is 10.8. The molecule has 1 aromatic carbocycles. The molecule has 0 heterocycles. The fourth-order valence-corrected chi connectivity index (χ4v) is 1.77. The van der Waals surface area contributed by atoms with Crippen LogP contribution in [-0.2, 0) is 0 Å². The van der Waals surface area contributed by atoms with Gasteiger partial charge in [0.2, 0.25) is 0 Å². The number of nitro groups is 1. The van der Waals surface area contributed by atoms with Gasteiger partial charge in [-0.3, -0.25) is 10.1 Å². The molecule has 110 valence electrons. The molecule has 0 saturated carbocycles. The number of rotatable bonds is 7. The highest BCUT2D eigenvalue weighted by Crippen LogP contribution is 2.25. The standard InChI is InChI=1S/C11H16N4O5/c12-11(13-18)9-7-8(15(19)20)1-2-10(9)14(3-5-16)4-6-17/h1-2,7,16-18H,3-6H2,(H2,12,13). The Labute approximate surface area is 114 Å². The number of aliphatic hydroxyl groups is 2. The SMILES string of the molecule is NC(=NO)c1cc([N+](=O)[O-])ccc1N(CCO)CCO. The molecule has 0 aliphatic heterocycles. The summed E-state index contributed by atoms with van der Waals surface area (Å²) in [7, 11) is 0. The molecular weight excluding hydrogens is 268 g/mol. The summed E-state index contributed by atoms with van der Waals surface area (Å²) in [5, 5.41) is 40.4. The predicted molar refractivity (Wildman–Crippen MR) is 72.0 cm³/mol. The average molecular weight is 284 g/mol. The molecule has 1 rings (SSSR count). The minimum Gasteiger partial charge on any atom is -0.409 e. The van der Waals surface area contributed by atoms with Crippen LogP contribution in [-0.4, -0.2) is 52.5 Å². The average Bonchev–Trinajstić information content (AvgIpc) is 2.45. The fraction of sp³-hybridized carbons (Fsp3) is 0.364. The molecule has 5 N–H and O–H groups in total. The van der Waals surface area contributed by atoms with E-state index in [1.165, 1.54) is 18.2 Å². The minimum absolute atomic E-state index is 0.156. The van der Waals surface area contributed by atoms with Gasteiger partial charge in [-0.1, -0.05) is 5.16 Å². The van der Waals surface area contributed by atoms with Crippen LogP contribution in [0.4, 0.5) is 11.4 Å². The smallest absolute Gasteiger partial charge is 0.270 e. The number of nitro benzene ring substituents is 1. The Morgan fingerprint density at radius 3 is 2.40 bits per heavy atom. The van der Waals surface area contributed by atoms with Gasteiger partial charge in [-0.05, 0) is 6.07 Å². The molecule has 0 unspecified atom stereocenters. The van der Waals surface area contributed by atoms with E-state index in [0.717, 1.165) is 0 Å². The van der Waals surface area contributed by atoms with Crippen molar-refractivity contribution >= 4 is 17.2 Å². The van der Waals surface area contributed by atoms with Crippen molar-refractivity contribution in [2.24, 2.45) is 10.9 Å². The lowest BCUT2D eigenvalue weighted by Gasteiger charge is -2.25. The minimum atomic E-state index is -0.597. The number of oxime groups is 1. The van der Waals surface area contributed by atoms with Gasteiger partial charge in [0.1, 0.15) is 0 Å². The highest BCUT2D eigenvalue weighted by atomic mass is 16.6. The van der Waals surface area contributed by atoms with Crippen LogP contribution in [0.2, 0.25) is 0 Å². The van der Waals surface area contributed by atoms with E-state index in [2.05, 4.69) is 5.16 Å².